The van der Waals surface area contributed by atoms with E-state index in [0.29, 0.717) is 24.7 Å². The Balaban J connectivity index is 1.40. The van der Waals surface area contributed by atoms with Gasteiger partial charge in [0.1, 0.15) is 0 Å². The molecule has 4 heteroatoms. The molecule has 0 saturated carbocycles. The van der Waals surface area contributed by atoms with E-state index >= 15 is 0 Å². The lowest BCUT2D eigenvalue weighted by atomic mass is 9.93. The van der Waals surface area contributed by atoms with Crippen LogP contribution in [0.15, 0.2) is 108 Å². The normalized spacial score (nSPS) is 12.1. The quantitative estimate of drug-likeness (QED) is 0.378. The molecule has 0 aliphatic rings. The number of hydrogen-bond donors (Lipinski definition) is 1. The molecule has 31 heavy (non-hydrogen) atoms. The lowest BCUT2D eigenvalue weighted by Crippen LogP contribution is -2.22. The zero-order valence-corrected chi connectivity index (χ0v) is 17.1. The fourth-order valence-electron chi connectivity index (χ4n) is 3.96. The highest BCUT2D eigenvalue weighted by molar-refractivity contribution is 5.86. The average molecular weight is 406 g/mol. The second-order valence-electron chi connectivity index (χ2n) is 7.56. The van der Waals surface area contributed by atoms with Gasteiger partial charge < -0.3 is 4.52 Å². The summed E-state index contributed by atoms with van der Waals surface area (Å²) < 4.78 is 5.52. The number of benzene rings is 4. The van der Waals surface area contributed by atoms with Gasteiger partial charge in [-0.3, -0.25) is 5.32 Å². The molecule has 0 saturated heterocycles. The van der Waals surface area contributed by atoms with E-state index in [1.807, 2.05) is 24.3 Å². The first-order valence-corrected chi connectivity index (χ1v) is 10.5. The van der Waals surface area contributed by atoms with Crippen molar-refractivity contribution in [3.63, 3.8) is 0 Å². The molecular formula is C27H23N3O. The molecule has 5 rings (SSSR count). The van der Waals surface area contributed by atoms with Gasteiger partial charge in [-0.25, -0.2) is 0 Å². The second-order valence-corrected chi connectivity index (χ2v) is 7.56. The van der Waals surface area contributed by atoms with Gasteiger partial charge in [-0.15, -0.1) is 0 Å². The van der Waals surface area contributed by atoms with Gasteiger partial charge in [-0.05, 0) is 27.5 Å². The van der Waals surface area contributed by atoms with E-state index in [1.165, 1.54) is 27.5 Å². The van der Waals surface area contributed by atoms with Gasteiger partial charge in [-0.2, -0.15) is 4.98 Å². The van der Waals surface area contributed by atoms with Crippen molar-refractivity contribution in [3.05, 3.63) is 132 Å². The van der Waals surface area contributed by atoms with Crippen LogP contribution >= 0.6 is 0 Å². The van der Waals surface area contributed by atoms with Crippen molar-refractivity contribution < 1.29 is 4.52 Å². The summed E-state index contributed by atoms with van der Waals surface area (Å²) in [7, 11) is 0. The Bertz CT molecular complexity index is 1260. The van der Waals surface area contributed by atoms with Gasteiger partial charge in [0.05, 0.1) is 12.6 Å². The van der Waals surface area contributed by atoms with E-state index in [0.717, 1.165) is 0 Å². The Morgan fingerprint density at radius 3 is 2.29 bits per heavy atom. The Hall–Kier alpha value is -3.76. The van der Waals surface area contributed by atoms with Gasteiger partial charge in [-0.1, -0.05) is 108 Å². The number of nitrogens with one attached hydrogen (secondary N) is 1. The van der Waals surface area contributed by atoms with Crippen LogP contribution in [-0.2, 0) is 13.0 Å². The Kier molecular flexibility index (Phi) is 5.54. The molecule has 1 atom stereocenters. The Morgan fingerprint density at radius 2 is 1.45 bits per heavy atom. The average Bonchev–Trinajstić information content (AvgIpc) is 3.28. The SMILES string of the molecule is c1ccc(Cc2noc(CNC(c3ccccc3)c3cccc4ccccc34)n2)cc1. The molecule has 5 aromatic rings. The van der Waals surface area contributed by atoms with Crippen molar-refractivity contribution in [1.29, 1.82) is 0 Å². The van der Waals surface area contributed by atoms with E-state index in [-0.39, 0.29) is 6.04 Å². The monoisotopic (exact) mass is 405 g/mol. The minimum Gasteiger partial charge on any atom is -0.338 e. The van der Waals surface area contributed by atoms with E-state index < -0.39 is 0 Å². The molecule has 0 amide bonds. The van der Waals surface area contributed by atoms with Crippen molar-refractivity contribution in [1.82, 2.24) is 15.5 Å². The minimum atomic E-state index is 0.0109. The van der Waals surface area contributed by atoms with E-state index in [9.17, 15) is 0 Å². The van der Waals surface area contributed by atoms with Crippen molar-refractivity contribution >= 4 is 10.8 Å². The summed E-state index contributed by atoms with van der Waals surface area (Å²) in [5, 5.41) is 10.3. The number of rotatable bonds is 7. The van der Waals surface area contributed by atoms with Crippen LogP contribution in [0.4, 0.5) is 0 Å². The third kappa shape index (κ3) is 4.39. The molecule has 0 fully saturated rings. The van der Waals surface area contributed by atoms with Crippen LogP contribution in [0.1, 0.15) is 34.4 Å². The molecule has 4 nitrogen and oxygen atoms in total. The minimum absolute atomic E-state index is 0.0109. The van der Waals surface area contributed by atoms with Crippen molar-refractivity contribution in [2.75, 3.05) is 0 Å². The molecule has 0 spiro atoms. The summed E-state index contributed by atoms with van der Waals surface area (Å²) in [5.41, 5.74) is 3.59. The third-order valence-electron chi connectivity index (χ3n) is 5.44. The first kappa shape index (κ1) is 19.2. The number of nitrogens with zero attached hydrogens (tertiary/aromatic N) is 2. The predicted molar refractivity (Wildman–Crippen MR) is 123 cm³/mol. The largest absolute Gasteiger partial charge is 0.338 e. The summed E-state index contributed by atoms with van der Waals surface area (Å²) in [6, 6.07) is 35.6. The van der Waals surface area contributed by atoms with Gasteiger partial charge >= 0.3 is 0 Å². The molecule has 0 aliphatic carbocycles. The summed E-state index contributed by atoms with van der Waals surface area (Å²) in [6.07, 6.45) is 0.662. The molecule has 1 heterocycles. The molecule has 0 bridgehead atoms. The lowest BCUT2D eigenvalue weighted by molar-refractivity contribution is 0.359. The van der Waals surface area contributed by atoms with Gasteiger partial charge in [0, 0.05) is 6.42 Å². The zero-order valence-electron chi connectivity index (χ0n) is 17.1. The third-order valence-corrected chi connectivity index (χ3v) is 5.44. The van der Waals surface area contributed by atoms with Gasteiger partial charge in [0.15, 0.2) is 5.82 Å². The molecule has 0 aliphatic heterocycles. The standard InChI is InChI=1S/C27H23N3O/c1-3-10-20(11-4-1)18-25-29-26(31-30-25)19-28-27(22-13-5-2-6-14-22)24-17-9-15-21-12-7-8-16-23(21)24/h1-17,27-28H,18-19H2. The Morgan fingerprint density at radius 1 is 0.742 bits per heavy atom. The van der Waals surface area contributed by atoms with Crippen molar-refractivity contribution in [2.45, 2.75) is 19.0 Å². The lowest BCUT2D eigenvalue weighted by Gasteiger charge is -2.21. The van der Waals surface area contributed by atoms with Crippen molar-refractivity contribution in [3.8, 4) is 0 Å². The molecule has 152 valence electrons. The van der Waals surface area contributed by atoms with Crippen LogP contribution in [-0.4, -0.2) is 10.1 Å². The fourth-order valence-corrected chi connectivity index (χ4v) is 3.96. The van der Waals surface area contributed by atoms with Crippen LogP contribution in [0.5, 0.6) is 0 Å². The first-order chi connectivity index (χ1) is 15.4. The molecule has 1 N–H and O–H groups in total. The smallest absolute Gasteiger partial charge is 0.240 e. The zero-order chi connectivity index (χ0) is 20.9. The van der Waals surface area contributed by atoms with Gasteiger partial charge in [0.2, 0.25) is 5.89 Å². The molecule has 0 radical (unpaired) electrons. The maximum atomic E-state index is 5.52. The number of hydrogen-bond acceptors (Lipinski definition) is 4. The van der Waals surface area contributed by atoms with Crippen molar-refractivity contribution in [2.24, 2.45) is 0 Å². The van der Waals surface area contributed by atoms with Crippen LogP contribution in [0.2, 0.25) is 0 Å². The summed E-state index contributed by atoms with van der Waals surface area (Å²) >= 11 is 0. The van der Waals surface area contributed by atoms with E-state index in [2.05, 4.69) is 94.3 Å². The van der Waals surface area contributed by atoms with Crippen LogP contribution in [0, 0.1) is 0 Å². The molecule has 1 unspecified atom stereocenters. The van der Waals surface area contributed by atoms with Crippen LogP contribution in [0.3, 0.4) is 0 Å². The summed E-state index contributed by atoms with van der Waals surface area (Å²) in [6.45, 7) is 0.491. The number of aromatic nitrogens is 2. The Labute approximate surface area is 181 Å². The molecule has 4 aromatic carbocycles. The highest BCUT2D eigenvalue weighted by atomic mass is 16.5. The highest BCUT2D eigenvalue weighted by Gasteiger charge is 2.17. The molecule has 1 aromatic heterocycles. The maximum absolute atomic E-state index is 5.52. The second kappa shape index (κ2) is 8.94. The topological polar surface area (TPSA) is 51.0 Å². The highest BCUT2D eigenvalue weighted by Crippen LogP contribution is 2.29. The summed E-state index contributed by atoms with van der Waals surface area (Å²) in [5.74, 6) is 1.29. The molecular weight excluding hydrogens is 382 g/mol. The maximum Gasteiger partial charge on any atom is 0.240 e. The fraction of sp³-hybridized carbons (Fsp3) is 0.111. The first-order valence-electron chi connectivity index (χ1n) is 10.5. The van der Waals surface area contributed by atoms with E-state index in [1.54, 1.807) is 0 Å². The van der Waals surface area contributed by atoms with Crippen LogP contribution < -0.4 is 5.32 Å². The predicted octanol–water partition coefficient (Wildman–Crippen LogP) is 5.69. The van der Waals surface area contributed by atoms with Crippen LogP contribution in [0.25, 0.3) is 10.8 Å². The number of fused-ring (bicyclic) bond motifs is 1. The van der Waals surface area contributed by atoms with E-state index in [4.69, 9.17) is 4.52 Å². The van der Waals surface area contributed by atoms with Gasteiger partial charge in [0.25, 0.3) is 0 Å². The summed E-state index contributed by atoms with van der Waals surface area (Å²) in [4.78, 5) is 4.59.